The number of rotatable bonds is 4. The highest BCUT2D eigenvalue weighted by Gasteiger charge is 2.24. The molecule has 0 saturated heterocycles. The van der Waals surface area contributed by atoms with Crippen LogP contribution in [0.1, 0.15) is 24.2 Å². The van der Waals surface area contributed by atoms with Gasteiger partial charge in [0.2, 0.25) is 0 Å². The van der Waals surface area contributed by atoms with Crippen LogP contribution in [0.4, 0.5) is 0 Å². The Labute approximate surface area is 101 Å². The second-order valence-corrected chi connectivity index (χ2v) is 4.02. The summed E-state index contributed by atoms with van der Waals surface area (Å²) in [6, 6.07) is -1.11. The molecule has 1 aromatic heterocycles. The van der Waals surface area contributed by atoms with Crippen LogP contribution < -0.4 is 16.6 Å². The van der Waals surface area contributed by atoms with E-state index >= 15 is 0 Å². The standard InChI is InChI=1S/C10H13N3O5/c1-4(2)6(9(16)17)12-7(14)5-3-11-10(18)13-8(5)15/h3-4,6H,1-2H3,(H,12,14)(H,16,17)(H2,11,13,15,18)/t6-/m1/s1. The summed E-state index contributed by atoms with van der Waals surface area (Å²) in [4.78, 5) is 48.7. The number of carboxylic acid groups (broad SMARTS) is 1. The first-order chi connectivity index (χ1) is 8.32. The third-order valence-electron chi connectivity index (χ3n) is 2.28. The molecular formula is C10H13N3O5. The first-order valence-electron chi connectivity index (χ1n) is 5.18. The van der Waals surface area contributed by atoms with Crippen LogP contribution in [0.2, 0.25) is 0 Å². The van der Waals surface area contributed by atoms with Gasteiger partial charge in [0, 0.05) is 6.20 Å². The lowest BCUT2D eigenvalue weighted by Gasteiger charge is -2.17. The second-order valence-electron chi connectivity index (χ2n) is 4.02. The third kappa shape index (κ3) is 3.06. The number of aromatic nitrogens is 2. The molecule has 1 aromatic rings. The van der Waals surface area contributed by atoms with E-state index in [2.05, 4.69) is 10.3 Å². The minimum Gasteiger partial charge on any atom is -0.480 e. The smallest absolute Gasteiger partial charge is 0.326 e. The molecule has 0 aliphatic heterocycles. The van der Waals surface area contributed by atoms with Crippen LogP contribution in [0.3, 0.4) is 0 Å². The zero-order chi connectivity index (χ0) is 13.9. The number of aliphatic carboxylic acids is 1. The molecule has 0 unspecified atom stereocenters. The first-order valence-corrected chi connectivity index (χ1v) is 5.18. The van der Waals surface area contributed by atoms with Gasteiger partial charge in [-0.25, -0.2) is 9.59 Å². The number of carbonyl (C=O) groups excluding carboxylic acids is 1. The van der Waals surface area contributed by atoms with Crippen LogP contribution in [0.15, 0.2) is 15.8 Å². The molecule has 1 rings (SSSR count). The lowest BCUT2D eigenvalue weighted by atomic mass is 10.0. The average Bonchev–Trinajstić information content (AvgIpc) is 2.24. The zero-order valence-corrected chi connectivity index (χ0v) is 9.81. The van der Waals surface area contributed by atoms with Gasteiger partial charge in [-0.1, -0.05) is 13.8 Å². The normalized spacial score (nSPS) is 12.2. The van der Waals surface area contributed by atoms with Gasteiger partial charge in [0.05, 0.1) is 0 Å². The van der Waals surface area contributed by atoms with Crippen LogP contribution in [-0.2, 0) is 4.79 Å². The molecule has 4 N–H and O–H groups in total. The van der Waals surface area contributed by atoms with Crippen molar-refractivity contribution >= 4 is 11.9 Å². The second kappa shape index (κ2) is 5.30. The Kier molecular flexibility index (Phi) is 4.03. The lowest BCUT2D eigenvalue weighted by molar-refractivity contribution is -0.140. The molecule has 1 amide bonds. The van der Waals surface area contributed by atoms with Gasteiger partial charge < -0.3 is 15.4 Å². The molecule has 8 heteroatoms. The van der Waals surface area contributed by atoms with Gasteiger partial charge in [0.25, 0.3) is 11.5 Å². The Morgan fingerprint density at radius 1 is 1.33 bits per heavy atom. The van der Waals surface area contributed by atoms with E-state index < -0.39 is 29.2 Å². The Balaban J connectivity index is 2.98. The van der Waals surface area contributed by atoms with Crippen LogP contribution >= 0.6 is 0 Å². The quantitative estimate of drug-likeness (QED) is 0.542. The van der Waals surface area contributed by atoms with E-state index in [0.717, 1.165) is 6.20 Å². The molecule has 0 radical (unpaired) electrons. The minimum absolute atomic E-state index is 0.340. The maximum Gasteiger partial charge on any atom is 0.326 e. The summed E-state index contributed by atoms with van der Waals surface area (Å²) in [7, 11) is 0. The first kappa shape index (κ1) is 13.7. The third-order valence-corrected chi connectivity index (χ3v) is 2.28. The number of nitrogens with one attached hydrogen (secondary N) is 3. The molecule has 0 spiro atoms. The van der Waals surface area contributed by atoms with Gasteiger partial charge in [-0.3, -0.25) is 14.6 Å². The van der Waals surface area contributed by atoms with Gasteiger partial charge in [0.1, 0.15) is 11.6 Å². The summed E-state index contributed by atoms with van der Waals surface area (Å²) in [5.41, 5.74) is -1.96. The SMILES string of the molecule is CC(C)[C@@H](NC(=O)c1c[nH]c(=O)[nH]c1=O)C(=O)O. The Hall–Kier alpha value is -2.38. The molecule has 1 atom stereocenters. The number of carboxylic acids is 1. The van der Waals surface area contributed by atoms with Gasteiger partial charge in [0.15, 0.2) is 0 Å². The highest BCUT2D eigenvalue weighted by Crippen LogP contribution is 2.02. The van der Waals surface area contributed by atoms with E-state index in [1.54, 1.807) is 13.8 Å². The summed E-state index contributed by atoms with van der Waals surface area (Å²) in [6.45, 7) is 3.24. The highest BCUT2D eigenvalue weighted by molar-refractivity contribution is 5.96. The minimum atomic E-state index is -1.20. The molecular weight excluding hydrogens is 242 g/mol. The zero-order valence-electron chi connectivity index (χ0n) is 9.81. The van der Waals surface area contributed by atoms with Crippen molar-refractivity contribution in [2.45, 2.75) is 19.9 Å². The summed E-state index contributed by atoms with van der Waals surface area (Å²) in [6.07, 6.45) is 0.940. The lowest BCUT2D eigenvalue weighted by Crippen LogP contribution is -2.46. The van der Waals surface area contributed by atoms with Crippen LogP contribution in [0, 0.1) is 5.92 Å². The maximum absolute atomic E-state index is 11.7. The summed E-state index contributed by atoms with van der Waals surface area (Å²) < 4.78 is 0. The van der Waals surface area contributed by atoms with E-state index in [1.165, 1.54) is 0 Å². The number of carbonyl (C=O) groups is 2. The topological polar surface area (TPSA) is 132 Å². The predicted molar refractivity (Wildman–Crippen MR) is 61.4 cm³/mol. The van der Waals surface area contributed by atoms with Crippen molar-refractivity contribution in [3.63, 3.8) is 0 Å². The van der Waals surface area contributed by atoms with Crippen molar-refractivity contribution in [1.29, 1.82) is 0 Å². The number of hydrogen-bond donors (Lipinski definition) is 4. The number of amides is 1. The number of H-pyrrole nitrogens is 2. The number of hydrogen-bond acceptors (Lipinski definition) is 4. The van der Waals surface area contributed by atoms with Gasteiger partial charge in [-0.2, -0.15) is 0 Å². The Morgan fingerprint density at radius 3 is 2.39 bits per heavy atom. The molecule has 18 heavy (non-hydrogen) atoms. The van der Waals surface area contributed by atoms with E-state index in [4.69, 9.17) is 5.11 Å². The van der Waals surface area contributed by atoms with Crippen LogP contribution in [0.25, 0.3) is 0 Å². The van der Waals surface area contributed by atoms with Crippen LogP contribution in [0.5, 0.6) is 0 Å². The molecule has 0 bridgehead atoms. The van der Waals surface area contributed by atoms with E-state index in [1.807, 2.05) is 4.98 Å². The van der Waals surface area contributed by atoms with Crippen molar-refractivity contribution in [3.8, 4) is 0 Å². The fourth-order valence-electron chi connectivity index (χ4n) is 1.31. The fraction of sp³-hybridized carbons (Fsp3) is 0.400. The molecule has 0 aliphatic rings. The Bertz CT molecular complexity index is 571. The van der Waals surface area contributed by atoms with Gasteiger partial charge >= 0.3 is 11.7 Å². The maximum atomic E-state index is 11.7. The summed E-state index contributed by atoms with van der Waals surface area (Å²) in [5, 5.41) is 11.1. The van der Waals surface area contributed by atoms with E-state index in [9.17, 15) is 19.2 Å². The van der Waals surface area contributed by atoms with Gasteiger partial charge in [-0.15, -0.1) is 0 Å². The molecule has 0 fully saturated rings. The van der Waals surface area contributed by atoms with Gasteiger partial charge in [-0.05, 0) is 5.92 Å². The molecule has 1 heterocycles. The van der Waals surface area contributed by atoms with Crippen molar-refractivity contribution in [2.75, 3.05) is 0 Å². The van der Waals surface area contributed by atoms with Crippen molar-refractivity contribution in [1.82, 2.24) is 15.3 Å². The van der Waals surface area contributed by atoms with Crippen molar-refractivity contribution in [2.24, 2.45) is 5.92 Å². The fourth-order valence-corrected chi connectivity index (χ4v) is 1.31. The van der Waals surface area contributed by atoms with E-state index in [-0.39, 0.29) is 11.5 Å². The Morgan fingerprint density at radius 2 is 1.94 bits per heavy atom. The van der Waals surface area contributed by atoms with Crippen molar-refractivity contribution < 1.29 is 14.7 Å². The predicted octanol–water partition coefficient (Wildman–Crippen LogP) is -1.10. The monoisotopic (exact) mass is 255 g/mol. The average molecular weight is 255 g/mol. The molecule has 98 valence electrons. The van der Waals surface area contributed by atoms with Crippen molar-refractivity contribution in [3.05, 3.63) is 32.6 Å². The molecule has 0 aromatic carbocycles. The largest absolute Gasteiger partial charge is 0.480 e. The molecule has 0 aliphatic carbocycles. The molecule has 8 nitrogen and oxygen atoms in total. The highest BCUT2D eigenvalue weighted by atomic mass is 16.4. The van der Waals surface area contributed by atoms with E-state index in [0.29, 0.717) is 0 Å². The summed E-state index contributed by atoms with van der Waals surface area (Å²) in [5.74, 6) is -2.39. The van der Waals surface area contributed by atoms with Crippen LogP contribution in [-0.4, -0.2) is 33.0 Å². The summed E-state index contributed by atoms with van der Waals surface area (Å²) >= 11 is 0. The molecule has 0 saturated carbocycles. The number of aromatic amines is 2.